The monoisotopic (exact) mass is 293 g/mol. The van der Waals surface area contributed by atoms with Crippen molar-refractivity contribution in [2.45, 2.75) is 71.4 Å². The lowest BCUT2D eigenvalue weighted by Gasteiger charge is -2.28. The highest BCUT2D eigenvalue weighted by Gasteiger charge is 2.26. The Kier molecular flexibility index (Phi) is 6.09. The third-order valence-electron chi connectivity index (χ3n) is 4.58. The van der Waals surface area contributed by atoms with Crippen LogP contribution >= 0.6 is 0 Å². The van der Waals surface area contributed by atoms with Crippen molar-refractivity contribution < 1.29 is 4.74 Å². The largest absolute Gasteiger partial charge is 0.493 e. The molecule has 0 aromatic carbocycles. The Balaban J connectivity index is 2.21. The van der Waals surface area contributed by atoms with Crippen molar-refractivity contribution in [2.24, 2.45) is 5.92 Å². The van der Waals surface area contributed by atoms with Crippen LogP contribution in [0.25, 0.3) is 0 Å². The molecule has 1 aliphatic carbocycles. The molecule has 0 bridgehead atoms. The van der Waals surface area contributed by atoms with Crippen molar-refractivity contribution in [1.82, 2.24) is 15.1 Å². The predicted molar refractivity (Wildman–Crippen MR) is 86.8 cm³/mol. The summed E-state index contributed by atoms with van der Waals surface area (Å²) in [5.74, 6) is 1.76. The molecule has 1 N–H and O–H groups in total. The first-order chi connectivity index (χ1) is 10.2. The van der Waals surface area contributed by atoms with Gasteiger partial charge in [-0.2, -0.15) is 5.10 Å². The number of nitrogens with one attached hydrogen (secondary N) is 1. The van der Waals surface area contributed by atoms with Gasteiger partial charge in [0.25, 0.3) is 0 Å². The van der Waals surface area contributed by atoms with Gasteiger partial charge >= 0.3 is 0 Å². The Morgan fingerprint density at radius 1 is 1.33 bits per heavy atom. The lowest BCUT2D eigenvalue weighted by molar-refractivity contribution is 0.287. The van der Waals surface area contributed by atoms with Crippen molar-refractivity contribution in [3.05, 3.63) is 11.9 Å². The quantitative estimate of drug-likeness (QED) is 0.823. The summed E-state index contributed by atoms with van der Waals surface area (Å²) in [5.41, 5.74) is 1.22. The molecule has 1 aromatic heterocycles. The van der Waals surface area contributed by atoms with E-state index in [1.54, 1.807) is 7.11 Å². The summed E-state index contributed by atoms with van der Waals surface area (Å²) in [6, 6.07) is 0.703. The number of ether oxygens (including phenoxy) is 1. The molecule has 1 unspecified atom stereocenters. The van der Waals surface area contributed by atoms with Gasteiger partial charge in [-0.3, -0.25) is 4.68 Å². The number of nitrogens with zero attached hydrogens (tertiary/aromatic N) is 2. The molecule has 1 saturated carbocycles. The highest BCUT2D eigenvalue weighted by Crippen LogP contribution is 2.35. The number of aromatic nitrogens is 2. The molecule has 1 atom stereocenters. The molecular formula is C17H31N3O. The van der Waals surface area contributed by atoms with Gasteiger partial charge in [0.15, 0.2) is 5.75 Å². The first-order valence-electron chi connectivity index (χ1n) is 8.52. The Morgan fingerprint density at radius 3 is 2.62 bits per heavy atom. The van der Waals surface area contributed by atoms with E-state index in [0.717, 1.165) is 18.2 Å². The Bertz CT molecular complexity index is 422. The lowest BCUT2D eigenvalue weighted by Crippen LogP contribution is -2.27. The molecule has 4 nitrogen and oxygen atoms in total. The molecule has 1 heterocycles. The summed E-state index contributed by atoms with van der Waals surface area (Å²) in [5, 5.41) is 8.20. The van der Waals surface area contributed by atoms with Gasteiger partial charge < -0.3 is 10.1 Å². The van der Waals surface area contributed by atoms with Gasteiger partial charge in [-0.1, -0.05) is 39.0 Å². The molecule has 0 spiro atoms. The fourth-order valence-electron chi connectivity index (χ4n) is 3.55. The molecule has 1 aromatic rings. The number of hydrogen-bond donors (Lipinski definition) is 1. The maximum absolute atomic E-state index is 5.57. The molecule has 0 aliphatic heterocycles. The summed E-state index contributed by atoms with van der Waals surface area (Å²) in [7, 11) is 1.74. The van der Waals surface area contributed by atoms with E-state index < -0.39 is 0 Å². The summed E-state index contributed by atoms with van der Waals surface area (Å²) in [6.45, 7) is 7.51. The average molecular weight is 293 g/mol. The third-order valence-corrected chi connectivity index (χ3v) is 4.58. The van der Waals surface area contributed by atoms with E-state index >= 15 is 0 Å². The second-order valence-electron chi connectivity index (χ2n) is 6.49. The van der Waals surface area contributed by atoms with Gasteiger partial charge in [-0.05, 0) is 32.7 Å². The Labute approximate surface area is 129 Å². The first kappa shape index (κ1) is 16.3. The lowest BCUT2D eigenvalue weighted by atomic mass is 9.84. The fraction of sp³-hybridized carbons (Fsp3) is 0.824. The van der Waals surface area contributed by atoms with Crippen LogP contribution in [0.3, 0.4) is 0 Å². The van der Waals surface area contributed by atoms with Crippen LogP contribution in [0.15, 0.2) is 6.20 Å². The van der Waals surface area contributed by atoms with Gasteiger partial charge in [-0.15, -0.1) is 0 Å². The van der Waals surface area contributed by atoms with Crippen LogP contribution in [0.4, 0.5) is 0 Å². The molecule has 120 valence electrons. The van der Waals surface area contributed by atoms with E-state index in [1.807, 2.05) is 6.20 Å². The summed E-state index contributed by atoms with van der Waals surface area (Å²) in [4.78, 5) is 0. The van der Waals surface area contributed by atoms with Gasteiger partial charge in [0, 0.05) is 6.04 Å². The summed E-state index contributed by atoms with van der Waals surface area (Å²) >= 11 is 0. The second-order valence-corrected chi connectivity index (χ2v) is 6.49. The standard InChI is InChI=1S/C17H31N3O/c1-5-18-15(11-14-9-7-6-8-10-14)17-16(21-4)12-19-20(17)13(2)3/h12-15,18H,5-11H2,1-4H3. The van der Waals surface area contributed by atoms with Crippen LogP contribution in [0.1, 0.15) is 77.1 Å². The third kappa shape index (κ3) is 4.00. The average Bonchev–Trinajstić information content (AvgIpc) is 2.92. The molecular weight excluding hydrogens is 262 g/mol. The van der Waals surface area contributed by atoms with E-state index in [1.165, 1.54) is 44.2 Å². The van der Waals surface area contributed by atoms with E-state index in [9.17, 15) is 0 Å². The molecule has 1 aliphatic rings. The van der Waals surface area contributed by atoms with Crippen LogP contribution < -0.4 is 10.1 Å². The molecule has 0 radical (unpaired) electrons. The molecule has 2 rings (SSSR count). The highest BCUT2D eigenvalue weighted by molar-refractivity contribution is 5.29. The van der Waals surface area contributed by atoms with E-state index in [-0.39, 0.29) is 0 Å². The minimum atomic E-state index is 0.345. The highest BCUT2D eigenvalue weighted by atomic mass is 16.5. The van der Waals surface area contributed by atoms with Gasteiger partial charge in [-0.25, -0.2) is 0 Å². The first-order valence-corrected chi connectivity index (χ1v) is 8.52. The number of methoxy groups -OCH3 is 1. The second kappa shape index (κ2) is 7.83. The minimum Gasteiger partial charge on any atom is -0.493 e. The van der Waals surface area contributed by atoms with E-state index in [4.69, 9.17) is 4.74 Å². The maximum atomic E-state index is 5.57. The molecule has 1 fully saturated rings. The van der Waals surface area contributed by atoms with Crippen molar-refractivity contribution in [2.75, 3.05) is 13.7 Å². The Morgan fingerprint density at radius 2 is 2.05 bits per heavy atom. The van der Waals surface area contributed by atoms with Crippen LogP contribution in [0, 0.1) is 5.92 Å². The van der Waals surface area contributed by atoms with Gasteiger partial charge in [0.05, 0.1) is 25.0 Å². The smallest absolute Gasteiger partial charge is 0.161 e. The van der Waals surface area contributed by atoms with Crippen LogP contribution in [-0.2, 0) is 0 Å². The molecule has 0 saturated heterocycles. The van der Waals surface area contributed by atoms with Gasteiger partial charge in [0.2, 0.25) is 0 Å². The van der Waals surface area contributed by atoms with Crippen molar-refractivity contribution >= 4 is 0 Å². The predicted octanol–water partition coefficient (Wildman–Crippen LogP) is 4.09. The van der Waals surface area contributed by atoms with Crippen molar-refractivity contribution in [1.29, 1.82) is 0 Å². The Hall–Kier alpha value is -1.03. The van der Waals surface area contributed by atoms with Crippen LogP contribution in [-0.4, -0.2) is 23.4 Å². The van der Waals surface area contributed by atoms with E-state index in [2.05, 4.69) is 35.9 Å². The number of rotatable bonds is 7. The molecule has 0 amide bonds. The molecule has 21 heavy (non-hydrogen) atoms. The number of hydrogen-bond acceptors (Lipinski definition) is 3. The SMILES string of the molecule is CCNC(CC1CCCCC1)c1c(OC)cnn1C(C)C. The van der Waals surface area contributed by atoms with Crippen molar-refractivity contribution in [3.8, 4) is 5.75 Å². The van der Waals surface area contributed by atoms with Gasteiger partial charge in [0.1, 0.15) is 0 Å². The topological polar surface area (TPSA) is 39.1 Å². The van der Waals surface area contributed by atoms with Crippen LogP contribution in [0.5, 0.6) is 5.75 Å². The normalized spacial score (nSPS) is 18.1. The minimum absolute atomic E-state index is 0.345. The zero-order chi connectivity index (χ0) is 15.2. The summed E-state index contributed by atoms with van der Waals surface area (Å²) in [6.07, 6.45) is 10.0. The fourth-order valence-corrected chi connectivity index (χ4v) is 3.55. The van der Waals surface area contributed by atoms with E-state index in [0.29, 0.717) is 12.1 Å². The molecule has 4 heteroatoms. The zero-order valence-electron chi connectivity index (χ0n) is 14.1. The van der Waals surface area contributed by atoms with Crippen molar-refractivity contribution in [3.63, 3.8) is 0 Å². The summed E-state index contributed by atoms with van der Waals surface area (Å²) < 4.78 is 7.69. The maximum Gasteiger partial charge on any atom is 0.161 e. The van der Waals surface area contributed by atoms with Crippen LogP contribution in [0.2, 0.25) is 0 Å². The zero-order valence-corrected chi connectivity index (χ0v) is 14.1.